The molecule has 2 unspecified atom stereocenters. The Morgan fingerprint density at radius 2 is 1.78 bits per heavy atom. The first-order valence-electron chi connectivity index (χ1n) is 7.70. The molecule has 1 amide bonds. The first-order chi connectivity index (χ1) is 11.1. The van der Waals surface area contributed by atoms with Crippen LogP contribution in [0.25, 0.3) is 0 Å². The molecule has 0 radical (unpaired) electrons. The smallest absolute Gasteiger partial charge is 0.228 e. The van der Waals surface area contributed by atoms with Gasteiger partial charge in [-0.2, -0.15) is 0 Å². The summed E-state index contributed by atoms with van der Waals surface area (Å²) >= 11 is 0. The van der Waals surface area contributed by atoms with Crippen molar-refractivity contribution in [2.75, 3.05) is 20.8 Å². The van der Waals surface area contributed by atoms with E-state index in [0.717, 1.165) is 5.56 Å². The summed E-state index contributed by atoms with van der Waals surface area (Å²) in [6.45, 7) is 2.72. The fraction of sp³-hybridized carbons (Fsp3) is 0.316. The van der Waals surface area contributed by atoms with Gasteiger partial charge in [0.25, 0.3) is 0 Å². The molecule has 4 nitrogen and oxygen atoms in total. The Balaban J connectivity index is 2.00. The average molecular weight is 311 g/mol. The normalized spacial score (nSPS) is 20.2. The van der Waals surface area contributed by atoms with Crippen molar-refractivity contribution in [2.45, 2.75) is 18.8 Å². The molecule has 1 fully saturated rings. The maximum Gasteiger partial charge on any atom is 0.228 e. The van der Waals surface area contributed by atoms with E-state index in [-0.39, 0.29) is 17.7 Å². The molecule has 1 N–H and O–H groups in total. The van der Waals surface area contributed by atoms with Crippen LogP contribution in [0.4, 0.5) is 0 Å². The summed E-state index contributed by atoms with van der Waals surface area (Å²) < 4.78 is 10.7. The molecular formula is C19H21NO3. The van der Waals surface area contributed by atoms with Crippen molar-refractivity contribution in [3.8, 4) is 11.5 Å². The van der Waals surface area contributed by atoms with E-state index in [9.17, 15) is 4.79 Å². The van der Waals surface area contributed by atoms with Gasteiger partial charge in [0, 0.05) is 12.5 Å². The highest BCUT2D eigenvalue weighted by atomic mass is 16.5. The minimum Gasteiger partial charge on any atom is -0.493 e. The summed E-state index contributed by atoms with van der Waals surface area (Å²) in [6, 6.07) is 14.0. The first-order valence-corrected chi connectivity index (χ1v) is 7.70. The molecule has 4 heteroatoms. The first kappa shape index (κ1) is 15.4. The summed E-state index contributed by atoms with van der Waals surface area (Å²) in [6.07, 6.45) is 0. The lowest BCUT2D eigenvalue weighted by Gasteiger charge is -2.19. The molecule has 0 aromatic heterocycles. The topological polar surface area (TPSA) is 47.6 Å². The molecule has 2 atom stereocenters. The summed E-state index contributed by atoms with van der Waals surface area (Å²) in [5, 5.41) is 2.99. The second-order valence-electron chi connectivity index (χ2n) is 5.86. The van der Waals surface area contributed by atoms with Gasteiger partial charge in [-0.05, 0) is 30.2 Å². The predicted octanol–water partition coefficient (Wildman–Crippen LogP) is 3.01. The lowest BCUT2D eigenvalue weighted by Crippen LogP contribution is -2.18. The standard InChI is InChI=1S/C19H21NO3/c1-12-5-4-6-13(9-12)15-11-20-19(21)18(15)14-7-8-16(22-2)17(10-14)23-3/h4-10,15,18H,11H2,1-3H3,(H,20,21). The molecule has 23 heavy (non-hydrogen) atoms. The number of ether oxygens (including phenoxy) is 2. The van der Waals surface area contributed by atoms with E-state index in [0.29, 0.717) is 18.0 Å². The fourth-order valence-corrected chi connectivity index (χ4v) is 3.26. The SMILES string of the molecule is COc1ccc(C2C(=O)NCC2c2cccc(C)c2)cc1OC. The van der Waals surface area contributed by atoms with Gasteiger partial charge in [-0.1, -0.05) is 35.9 Å². The number of carbonyl (C=O) groups is 1. The molecule has 3 rings (SSSR count). The lowest BCUT2D eigenvalue weighted by atomic mass is 9.83. The van der Waals surface area contributed by atoms with Gasteiger partial charge in [0.1, 0.15) is 0 Å². The molecule has 1 saturated heterocycles. The Morgan fingerprint density at radius 1 is 1.00 bits per heavy atom. The minimum atomic E-state index is -0.211. The van der Waals surface area contributed by atoms with Crippen LogP contribution in [0.1, 0.15) is 28.5 Å². The lowest BCUT2D eigenvalue weighted by molar-refractivity contribution is -0.120. The number of rotatable bonds is 4. The Labute approximate surface area is 136 Å². The largest absolute Gasteiger partial charge is 0.493 e. The molecule has 0 bridgehead atoms. The van der Waals surface area contributed by atoms with Gasteiger partial charge in [-0.15, -0.1) is 0 Å². The molecular weight excluding hydrogens is 290 g/mol. The van der Waals surface area contributed by atoms with Crippen molar-refractivity contribution in [3.05, 3.63) is 59.2 Å². The van der Waals surface area contributed by atoms with E-state index >= 15 is 0 Å². The zero-order valence-corrected chi connectivity index (χ0v) is 13.6. The van der Waals surface area contributed by atoms with Crippen LogP contribution in [0.15, 0.2) is 42.5 Å². The third-order valence-electron chi connectivity index (χ3n) is 4.42. The summed E-state index contributed by atoms with van der Waals surface area (Å²) in [5.41, 5.74) is 3.33. The quantitative estimate of drug-likeness (QED) is 0.944. The summed E-state index contributed by atoms with van der Waals surface area (Å²) in [4.78, 5) is 12.4. The summed E-state index contributed by atoms with van der Waals surface area (Å²) in [7, 11) is 3.21. The van der Waals surface area contributed by atoms with Gasteiger partial charge in [-0.25, -0.2) is 0 Å². The van der Waals surface area contributed by atoms with Gasteiger partial charge in [0.05, 0.1) is 20.1 Å². The van der Waals surface area contributed by atoms with Crippen LogP contribution in [-0.2, 0) is 4.79 Å². The highest BCUT2D eigenvalue weighted by Crippen LogP contribution is 2.40. The molecule has 2 aromatic rings. The third-order valence-corrected chi connectivity index (χ3v) is 4.42. The highest BCUT2D eigenvalue weighted by Gasteiger charge is 2.37. The number of methoxy groups -OCH3 is 2. The number of nitrogens with one attached hydrogen (secondary N) is 1. The molecule has 0 aliphatic carbocycles. The second kappa shape index (κ2) is 6.32. The van der Waals surface area contributed by atoms with Gasteiger partial charge in [0.15, 0.2) is 11.5 Å². The van der Waals surface area contributed by atoms with Crippen molar-refractivity contribution in [1.82, 2.24) is 5.32 Å². The van der Waals surface area contributed by atoms with Crippen LogP contribution >= 0.6 is 0 Å². The molecule has 120 valence electrons. The van der Waals surface area contributed by atoms with E-state index in [1.165, 1.54) is 11.1 Å². The number of benzene rings is 2. The third kappa shape index (κ3) is 2.89. The fourth-order valence-electron chi connectivity index (χ4n) is 3.26. The maximum atomic E-state index is 12.4. The summed E-state index contributed by atoms with van der Waals surface area (Å²) in [5.74, 6) is 1.29. The highest BCUT2D eigenvalue weighted by molar-refractivity contribution is 5.87. The molecule has 2 aromatic carbocycles. The zero-order valence-electron chi connectivity index (χ0n) is 13.6. The van der Waals surface area contributed by atoms with Crippen LogP contribution in [-0.4, -0.2) is 26.7 Å². The van der Waals surface area contributed by atoms with E-state index in [4.69, 9.17) is 9.47 Å². The van der Waals surface area contributed by atoms with Gasteiger partial charge >= 0.3 is 0 Å². The van der Waals surface area contributed by atoms with Crippen molar-refractivity contribution < 1.29 is 14.3 Å². The van der Waals surface area contributed by atoms with E-state index in [2.05, 4.69) is 30.4 Å². The van der Waals surface area contributed by atoms with Crippen LogP contribution in [0.2, 0.25) is 0 Å². The number of carbonyl (C=O) groups excluding carboxylic acids is 1. The van der Waals surface area contributed by atoms with Crippen LogP contribution in [0.5, 0.6) is 11.5 Å². The van der Waals surface area contributed by atoms with E-state index < -0.39 is 0 Å². The predicted molar refractivity (Wildman–Crippen MR) is 89.2 cm³/mol. The van der Waals surface area contributed by atoms with Crippen LogP contribution in [0, 0.1) is 6.92 Å². The Kier molecular flexibility index (Phi) is 4.24. The molecule has 0 spiro atoms. The van der Waals surface area contributed by atoms with Crippen molar-refractivity contribution >= 4 is 5.91 Å². The number of hydrogen-bond donors (Lipinski definition) is 1. The van der Waals surface area contributed by atoms with Crippen molar-refractivity contribution in [1.29, 1.82) is 0 Å². The number of aryl methyl sites for hydroxylation is 1. The molecule has 1 aliphatic rings. The van der Waals surface area contributed by atoms with Gasteiger partial charge in [0.2, 0.25) is 5.91 Å². The van der Waals surface area contributed by atoms with Gasteiger partial charge < -0.3 is 14.8 Å². The monoisotopic (exact) mass is 311 g/mol. The molecule has 1 aliphatic heterocycles. The molecule has 0 saturated carbocycles. The van der Waals surface area contributed by atoms with Crippen LogP contribution in [0.3, 0.4) is 0 Å². The maximum absolute atomic E-state index is 12.4. The number of hydrogen-bond acceptors (Lipinski definition) is 3. The second-order valence-corrected chi connectivity index (χ2v) is 5.86. The zero-order chi connectivity index (χ0) is 16.4. The van der Waals surface area contributed by atoms with Crippen molar-refractivity contribution in [2.24, 2.45) is 0 Å². The van der Waals surface area contributed by atoms with Crippen molar-refractivity contribution in [3.63, 3.8) is 0 Å². The van der Waals surface area contributed by atoms with Crippen LogP contribution < -0.4 is 14.8 Å². The minimum absolute atomic E-state index is 0.0590. The molecule has 1 heterocycles. The Morgan fingerprint density at radius 3 is 2.48 bits per heavy atom. The van der Waals surface area contributed by atoms with E-state index in [1.807, 2.05) is 24.3 Å². The van der Waals surface area contributed by atoms with E-state index in [1.54, 1.807) is 14.2 Å². The number of amides is 1. The Bertz CT molecular complexity index is 726. The average Bonchev–Trinajstić information content (AvgIpc) is 2.96. The Hall–Kier alpha value is -2.49. The van der Waals surface area contributed by atoms with Gasteiger partial charge in [-0.3, -0.25) is 4.79 Å².